The van der Waals surface area contributed by atoms with E-state index in [1.165, 1.54) is 11.8 Å². The number of halogens is 2. The van der Waals surface area contributed by atoms with Crippen molar-refractivity contribution in [1.29, 1.82) is 0 Å². The number of carbonyl (C=O) groups excluding carboxylic acids is 3. The normalized spacial score (nSPS) is 32.0. The second-order valence-corrected chi connectivity index (χ2v) is 14.0. The van der Waals surface area contributed by atoms with E-state index in [0.717, 1.165) is 37.8 Å². The quantitative estimate of drug-likeness (QED) is 0.426. The molecule has 2 aromatic carbocycles. The number of likely N-dealkylation sites (N-methyl/N-ethyl adjacent to an activating group) is 1. The highest BCUT2D eigenvalue weighted by atomic mass is 79.9. The summed E-state index contributed by atoms with van der Waals surface area (Å²) in [5, 5.41) is 15.9. The molecule has 3 amide bonds. The summed E-state index contributed by atoms with van der Waals surface area (Å²) < 4.78 is 22.6. The Bertz CT molecular complexity index is 1830. The number of benzene rings is 2. The Balaban J connectivity index is 1.12. The molecule has 1 aromatic heterocycles. The number of amides is 3. The van der Waals surface area contributed by atoms with E-state index in [1.807, 2.05) is 61.7 Å². The predicted molar refractivity (Wildman–Crippen MR) is 170 cm³/mol. The van der Waals surface area contributed by atoms with Crippen molar-refractivity contribution in [3.63, 3.8) is 0 Å². The van der Waals surface area contributed by atoms with E-state index < -0.39 is 48.3 Å². The van der Waals surface area contributed by atoms with E-state index in [4.69, 9.17) is 4.74 Å². The highest BCUT2D eigenvalue weighted by molar-refractivity contribution is 9.10. The van der Waals surface area contributed by atoms with Gasteiger partial charge in [-0.2, -0.15) is 0 Å². The van der Waals surface area contributed by atoms with E-state index in [0.29, 0.717) is 32.4 Å². The third-order valence-electron chi connectivity index (χ3n) is 10.6. The molecule has 6 atom stereocenters. The number of carbonyl (C=O) groups is 3. The van der Waals surface area contributed by atoms with Gasteiger partial charge in [0.25, 0.3) is 11.8 Å². The van der Waals surface area contributed by atoms with Gasteiger partial charge in [-0.15, -0.1) is 0 Å². The van der Waals surface area contributed by atoms with Crippen molar-refractivity contribution < 1.29 is 28.6 Å². The number of aromatic nitrogens is 1. The van der Waals surface area contributed by atoms with Gasteiger partial charge in [0.05, 0.1) is 16.0 Å². The summed E-state index contributed by atoms with van der Waals surface area (Å²) in [4.78, 5) is 46.9. The van der Waals surface area contributed by atoms with Crippen LogP contribution in [0.3, 0.4) is 0 Å². The summed E-state index contributed by atoms with van der Waals surface area (Å²) in [7, 11) is 1.96. The summed E-state index contributed by atoms with van der Waals surface area (Å²) in [5.41, 5.74) is 2.72. The molecule has 0 saturated carbocycles. The van der Waals surface area contributed by atoms with Crippen LogP contribution >= 0.6 is 15.9 Å². The molecule has 3 saturated heterocycles. The van der Waals surface area contributed by atoms with E-state index in [-0.39, 0.29) is 18.4 Å². The van der Waals surface area contributed by atoms with Gasteiger partial charge in [-0.05, 0) is 77.5 Å². The van der Waals surface area contributed by atoms with E-state index in [2.05, 4.69) is 26.1 Å². The number of hydrogen-bond acceptors (Lipinski definition) is 6. The van der Waals surface area contributed by atoms with Crippen LogP contribution in [-0.2, 0) is 38.8 Å². The third kappa shape index (κ3) is 4.12. The van der Waals surface area contributed by atoms with E-state index >= 15 is 0 Å². The molecule has 240 valence electrons. The van der Waals surface area contributed by atoms with Gasteiger partial charge in [-0.3, -0.25) is 28.9 Å². The minimum absolute atomic E-state index is 0.0124. The maximum absolute atomic E-state index is 14.2. The van der Waals surface area contributed by atoms with E-state index in [1.54, 1.807) is 9.47 Å². The molecule has 2 N–H and O–H groups in total. The molecule has 1 aliphatic carbocycles. The first-order chi connectivity index (χ1) is 22.1. The Hall–Kier alpha value is -3.58. The van der Waals surface area contributed by atoms with Gasteiger partial charge in [-0.25, -0.2) is 4.39 Å². The number of nitrogens with one attached hydrogen (secondary N) is 1. The number of aliphatic hydroxyl groups is 1. The van der Waals surface area contributed by atoms with Crippen molar-refractivity contribution in [2.45, 2.75) is 69.2 Å². The van der Waals surface area contributed by atoms with Crippen LogP contribution in [0.2, 0.25) is 0 Å². The van der Waals surface area contributed by atoms with Crippen LogP contribution in [0.15, 0.2) is 59.2 Å². The number of piperazine rings is 1. The zero-order chi connectivity index (χ0) is 32.1. The predicted octanol–water partition coefficient (Wildman–Crippen LogP) is 3.15. The second-order valence-electron chi connectivity index (χ2n) is 13.3. The van der Waals surface area contributed by atoms with Crippen molar-refractivity contribution >= 4 is 50.1 Å². The zero-order valence-corrected chi connectivity index (χ0v) is 27.2. The van der Waals surface area contributed by atoms with Crippen LogP contribution in [0.1, 0.15) is 36.5 Å². The molecule has 10 nitrogen and oxygen atoms in total. The van der Waals surface area contributed by atoms with Crippen LogP contribution < -0.4 is 5.32 Å². The van der Waals surface area contributed by atoms with Gasteiger partial charge < -0.3 is 19.9 Å². The maximum atomic E-state index is 14.2. The summed E-state index contributed by atoms with van der Waals surface area (Å²) in [6.45, 7) is 1.66. The monoisotopic (exact) mass is 691 g/mol. The molecule has 4 aliphatic heterocycles. The SMILES string of the molecule is CN1C[C@H](C(=O)N[C@]2(C)O[C@@]3(O)[C@@H]4CCCN4C(=O)[C@H](Cc4ccccc4)N3C2=O)C=C2c3cccc4c3c(c(Br)n4CF)C[C@H]21. The standard InChI is InChI=1S/C34H35BrFN5O5/c1-33(32(44)41-26(14-19-8-4-3-5-9-19)31(43)39-13-7-12-27(39)34(41,45)46-33)37-30(42)20-15-22-21-10-6-11-24-28(21)23(29(35)40(24)18-36)16-25(22)38(2)17-20/h3-6,8-11,15,20,25-27,45H,7,12-14,16-18H2,1-2H3,(H,37,42)/t20-,25-,26+,27+,33-,34+/m1/s1. The highest BCUT2D eigenvalue weighted by Crippen LogP contribution is 2.47. The Morgan fingerprint density at radius 3 is 2.72 bits per heavy atom. The molecule has 46 heavy (non-hydrogen) atoms. The van der Waals surface area contributed by atoms with Gasteiger partial charge >= 0.3 is 0 Å². The zero-order valence-electron chi connectivity index (χ0n) is 25.6. The van der Waals surface area contributed by atoms with Crippen LogP contribution in [0.4, 0.5) is 4.39 Å². The van der Waals surface area contributed by atoms with E-state index in [9.17, 15) is 23.9 Å². The molecule has 0 spiro atoms. The molecule has 3 fully saturated rings. The third-order valence-corrected chi connectivity index (χ3v) is 11.5. The minimum Gasteiger partial charge on any atom is -0.347 e. The van der Waals surface area contributed by atoms with Gasteiger partial charge in [0.1, 0.15) is 12.1 Å². The lowest BCUT2D eigenvalue weighted by atomic mass is 9.79. The van der Waals surface area contributed by atoms with Crippen LogP contribution in [-0.4, -0.2) is 92.0 Å². The fraction of sp³-hybridized carbons (Fsp3) is 0.441. The lowest BCUT2D eigenvalue weighted by molar-refractivity contribution is -0.315. The minimum atomic E-state index is -2.08. The second kappa shape index (κ2) is 10.5. The summed E-state index contributed by atoms with van der Waals surface area (Å²) in [5.74, 6) is -4.02. The van der Waals surface area contributed by atoms with Crippen molar-refractivity contribution in [2.75, 3.05) is 20.1 Å². The lowest BCUT2D eigenvalue weighted by Gasteiger charge is -2.48. The number of fused-ring (bicyclic) bond motifs is 5. The van der Waals surface area contributed by atoms with Crippen LogP contribution in [0.5, 0.6) is 0 Å². The average Bonchev–Trinajstić information content (AvgIpc) is 3.70. The molecule has 8 rings (SSSR count). The Kier molecular flexibility index (Phi) is 6.78. The van der Waals surface area contributed by atoms with Crippen LogP contribution in [0.25, 0.3) is 16.5 Å². The van der Waals surface area contributed by atoms with Crippen molar-refractivity contribution in [3.8, 4) is 0 Å². The fourth-order valence-electron chi connectivity index (χ4n) is 8.45. The summed E-state index contributed by atoms with van der Waals surface area (Å²) in [6, 6.07) is 13.4. The number of alkyl halides is 1. The topological polar surface area (TPSA) is 107 Å². The molecule has 0 bridgehead atoms. The molecule has 12 heteroatoms. The molecule has 0 radical (unpaired) electrons. The van der Waals surface area contributed by atoms with Crippen molar-refractivity contribution in [1.82, 2.24) is 24.6 Å². The number of nitrogens with zero attached hydrogens (tertiary/aromatic N) is 4. The molecular formula is C34H35BrFN5O5. The Morgan fingerprint density at radius 2 is 1.96 bits per heavy atom. The highest BCUT2D eigenvalue weighted by Gasteiger charge is 2.70. The number of hydrogen-bond donors (Lipinski definition) is 2. The maximum Gasteiger partial charge on any atom is 0.280 e. The smallest absolute Gasteiger partial charge is 0.280 e. The van der Waals surface area contributed by atoms with Crippen molar-refractivity contribution in [3.05, 3.63) is 75.9 Å². The molecule has 0 unspecified atom stereocenters. The largest absolute Gasteiger partial charge is 0.347 e. The Morgan fingerprint density at radius 1 is 1.17 bits per heavy atom. The average molecular weight is 693 g/mol. The molecule has 5 aliphatic rings. The van der Waals surface area contributed by atoms with Gasteiger partial charge in [-0.1, -0.05) is 48.5 Å². The summed E-state index contributed by atoms with van der Waals surface area (Å²) >= 11 is 3.61. The van der Waals surface area contributed by atoms with Gasteiger partial charge in [0.2, 0.25) is 17.5 Å². The Labute approximate surface area is 273 Å². The van der Waals surface area contributed by atoms with Gasteiger partial charge in [0.15, 0.2) is 6.80 Å². The molecular weight excluding hydrogens is 657 g/mol. The lowest BCUT2D eigenvalue weighted by Crippen LogP contribution is -2.71. The van der Waals surface area contributed by atoms with Gasteiger partial charge in [0, 0.05) is 30.9 Å². The van der Waals surface area contributed by atoms with Crippen molar-refractivity contribution in [2.24, 2.45) is 5.92 Å². The molecule has 5 heterocycles. The molecule has 3 aromatic rings. The van der Waals surface area contributed by atoms with Crippen LogP contribution in [0, 0.1) is 5.92 Å². The summed E-state index contributed by atoms with van der Waals surface area (Å²) in [6.07, 6.45) is 3.97. The first kappa shape index (κ1) is 29.8. The number of ether oxygens (including phenoxy) is 1. The first-order valence-electron chi connectivity index (χ1n) is 15.8. The first-order valence-corrected chi connectivity index (χ1v) is 16.6. The fourth-order valence-corrected chi connectivity index (χ4v) is 9.09. The number of rotatable bonds is 5.